The van der Waals surface area contributed by atoms with E-state index in [4.69, 9.17) is 5.73 Å². The molecule has 0 atom stereocenters. The summed E-state index contributed by atoms with van der Waals surface area (Å²) in [6, 6.07) is 0. The molecular weight excluding hydrogens is 126 g/mol. The number of carbonyl (C=O) groups is 1. The molecule has 1 rings (SSSR count). The first kappa shape index (κ1) is 7.32. The number of carbonyl (C=O) groups excluding carboxylic acids is 1. The second-order valence-corrected chi connectivity index (χ2v) is 2.88. The van der Waals surface area contributed by atoms with Gasteiger partial charge in [-0.1, -0.05) is 19.1 Å². The van der Waals surface area contributed by atoms with Crippen LogP contribution < -0.4 is 5.73 Å². The van der Waals surface area contributed by atoms with Crippen LogP contribution in [0.3, 0.4) is 0 Å². The minimum absolute atomic E-state index is 0.153. The molecule has 0 fully saturated rings. The van der Waals surface area contributed by atoms with Crippen molar-refractivity contribution in [1.82, 2.24) is 0 Å². The van der Waals surface area contributed by atoms with Gasteiger partial charge in [0.1, 0.15) is 0 Å². The zero-order valence-corrected chi connectivity index (χ0v) is 6.26. The summed E-state index contributed by atoms with van der Waals surface area (Å²) in [5.41, 5.74) is 5.03. The summed E-state index contributed by atoms with van der Waals surface area (Å²) in [4.78, 5) is 10.9. The second kappa shape index (κ2) is 2.45. The maximum Gasteiger partial charge on any atom is 0.224 e. The monoisotopic (exact) mass is 139 g/mol. The molecule has 10 heavy (non-hydrogen) atoms. The van der Waals surface area contributed by atoms with E-state index in [0.717, 1.165) is 19.3 Å². The van der Waals surface area contributed by atoms with E-state index in [1.165, 1.54) is 0 Å². The molecule has 0 saturated heterocycles. The molecule has 0 radical (unpaired) electrons. The highest BCUT2D eigenvalue weighted by Crippen LogP contribution is 2.35. The number of rotatable bonds is 2. The van der Waals surface area contributed by atoms with E-state index in [2.05, 4.69) is 0 Å². The molecule has 0 aromatic rings. The van der Waals surface area contributed by atoms with Gasteiger partial charge in [-0.15, -0.1) is 0 Å². The van der Waals surface area contributed by atoms with Gasteiger partial charge >= 0.3 is 0 Å². The zero-order valence-electron chi connectivity index (χ0n) is 6.26. The number of amides is 1. The minimum Gasteiger partial charge on any atom is -0.369 e. The number of hydrogen-bond acceptors (Lipinski definition) is 1. The van der Waals surface area contributed by atoms with E-state index < -0.39 is 0 Å². The van der Waals surface area contributed by atoms with Gasteiger partial charge < -0.3 is 5.73 Å². The second-order valence-electron chi connectivity index (χ2n) is 2.88. The third-order valence-corrected chi connectivity index (χ3v) is 2.38. The molecule has 2 nitrogen and oxygen atoms in total. The Morgan fingerprint density at radius 1 is 1.60 bits per heavy atom. The van der Waals surface area contributed by atoms with Gasteiger partial charge in [0, 0.05) is 0 Å². The van der Waals surface area contributed by atoms with E-state index >= 15 is 0 Å². The standard InChI is InChI=1S/C8H13NO/c1-2-8(7(9)10)5-3-4-6-8/h3-4H,2,5-6H2,1H3,(H2,9,10). The first-order valence-corrected chi connectivity index (χ1v) is 3.66. The van der Waals surface area contributed by atoms with Crippen molar-refractivity contribution in [2.24, 2.45) is 11.1 Å². The van der Waals surface area contributed by atoms with Crippen LogP contribution in [-0.2, 0) is 4.79 Å². The van der Waals surface area contributed by atoms with Gasteiger partial charge in [0.15, 0.2) is 0 Å². The number of allylic oxidation sites excluding steroid dienone is 2. The summed E-state index contributed by atoms with van der Waals surface area (Å²) < 4.78 is 0. The Labute approximate surface area is 61.1 Å². The van der Waals surface area contributed by atoms with Gasteiger partial charge in [0.25, 0.3) is 0 Å². The van der Waals surface area contributed by atoms with Crippen molar-refractivity contribution in [2.45, 2.75) is 26.2 Å². The average Bonchev–Trinajstić information content (AvgIpc) is 2.35. The zero-order chi connectivity index (χ0) is 7.61. The molecule has 0 unspecified atom stereocenters. The van der Waals surface area contributed by atoms with Gasteiger partial charge in [0.05, 0.1) is 5.41 Å². The highest BCUT2D eigenvalue weighted by atomic mass is 16.1. The van der Waals surface area contributed by atoms with E-state index in [0.29, 0.717) is 0 Å². The summed E-state index contributed by atoms with van der Waals surface area (Å²) >= 11 is 0. The molecule has 1 aliphatic carbocycles. The van der Waals surface area contributed by atoms with Crippen LogP contribution in [0.25, 0.3) is 0 Å². The molecule has 0 heterocycles. The molecule has 1 aliphatic rings. The number of primary amides is 1. The molecular formula is C8H13NO. The first-order chi connectivity index (χ1) is 4.71. The third-order valence-electron chi connectivity index (χ3n) is 2.38. The van der Waals surface area contributed by atoms with Gasteiger partial charge in [-0.05, 0) is 19.3 Å². The predicted octanol–water partition coefficient (Wildman–Crippen LogP) is 1.22. The van der Waals surface area contributed by atoms with E-state index in [-0.39, 0.29) is 11.3 Å². The molecule has 0 bridgehead atoms. The largest absolute Gasteiger partial charge is 0.369 e. The van der Waals surface area contributed by atoms with Crippen LogP contribution in [0, 0.1) is 5.41 Å². The SMILES string of the molecule is CCC1(C(N)=O)CC=CC1. The Kier molecular flexibility index (Phi) is 1.79. The molecule has 0 aromatic heterocycles. The van der Waals surface area contributed by atoms with Crippen molar-refractivity contribution in [3.8, 4) is 0 Å². The highest BCUT2D eigenvalue weighted by molar-refractivity contribution is 5.81. The fourth-order valence-corrected chi connectivity index (χ4v) is 1.37. The van der Waals surface area contributed by atoms with Crippen LogP contribution in [0.4, 0.5) is 0 Å². The molecule has 56 valence electrons. The first-order valence-electron chi connectivity index (χ1n) is 3.66. The van der Waals surface area contributed by atoms with E-state index in [1.807, 2.05) is 19.1 Å². The maximum absolute atomic E-state index is 10.9. The molecule has 0 aliphatic heterocycles. The van der Waals surface area contributed by atoms with Crippen molar-refractivity contribution in [1.29, 1.82) is 0 Å². The van der Waals surface area contributed by atoms with Gasteiger partial charge in [0.2, 0.25) is 5.91 Å². The molecule has 2 heteroatoms. The van der Waals surface area contributed by atoms with Gasteiger partial charge in [-0.3, -0.25) is 4.79 Å². The lowest BCUT2D eigenvalue weighted by Crippen LogP contribution is -2.34. The molecule has 2 N–H and O–H groups in total. The van der Waals surface area contributed by atoms with Crippen LogP contribution in [0.1, 0.15) is 26.2 Å². The van der Waals surface area contributed by atoms with Crippen molar-refractivity contribution in [3.63, 3.8) is 0 Å². The smallest absolute Gasteiger partial charge is 0.224 e. The number of hydrogen-bond donors (Lipinski definition) is 1. The molecule has 0 saturated carbocycles. The number of nitrogens with two attached hydrogens (primary N) is 1. The van der Waals surface area contributed by atoms with Crippen molar-refractivity contribution >= 4 is 5.91 Å². The summed E-state index contributed by atoms with van der Waals surface area (Å²) in [5, 5.41) is 0. The Morgan fingerprint density at radius 3 is 2.30 bits per heavy atom. The minimum atomic E-state index is -0.236. The van der Waals surface area contributed by atoms with Crippen molar-refractivity contribution in [2.75, 3.05) is 0 Å². The van der Waals surface area contributed by atoms with Crippen LogP contribution in [-0.4, -0.2) is 5.91 Å². The Balaban J connectivity index is 2.70. The van der Waals surface area contributed by atoms with E-state index in [1.54, 1.807) is 0 Å². The predicted molar refractivity (Wildman–Crippen MR) is 40.3 cm³/mol. The Morgan fingerprint density at radius 2 is 2.10 bits per heavy atom. The van der Waals surface area contributed by atoms with Crippen LogP contribution in [0.2, 0.25) is 0 Å². The third kappa shape index (κ3) is 0.939. The van der Waals surface area contributed by atoms with Crippen LogP contribution in [0.15, 0.2) is 12.2 Å². The average molecular weight is 139 g/mol. The normalized spacial score (nSPS) is 21.3. The van der Waals surface area contributed by atoms with E-state index in [9.17, 15) is 4.79 Å². The van der Waals surface area contributed by atoms with Crippen molar-refractivity contribution in [3.05, 3.63) is 12.2 Å². The van der Waals surface area contributed by atoms with Crippen LogP contribution >= 0.6 is 0 Å². The van der Waals surface area contributed by atoms with Gasteiger partial charge in [-0.2, -0.15) is 0 Å². The van der Waals surface area contributed by atoms with Crippen LogP contribution in [0.5, 0.6) is 0 Å². The summed E-state index contributed by atoms with van der Waals surface area (Å²) in [5.74, 6) is -0.153. The topological polar surface area (TPSA) is 43.1 Å². The van der Waals surface area contributed by atoms with Crippen molar-refractivity contribution < 1.29 is 4.79 Å². The maximum atomic E-state index is 10.9. The molecule has 0 spiro atoms. The van der Waals surface area contributed by atoms with Gasteiger partial charge in [-0.25, -0.2) is 0 Å². The summed E-state index contributed by atoms with van der Waals surface area (Å²) in [7, 11) is 0. The molecule has 0 aromatic carbocycles. The lowest BCUT2D eigenvalue weighted by Gasteiger charge is -2.22. The Bertz CT molecular complexity index is 164. The fourth-order valence-electron chi connectivity index (χ4n) is 1.37. The molecule has 1 amide bonds. The lowest BCUT2D eigenvalue weighted by molar-refractivity contribution is -0.127. The fraction of sp³-hybridized carbons (Fsp3) is 0.625. The Hall–Kier alpha value is -0.790. The quantitative estimate of drug-likeness (QED) is 0.574. The lowest BCUT2D eigenvalue weighted by atomic mass is 9.82. The summed E-state index contributed by atoms with van der Waals surface area (Å²) in [6.07, 6.45) is 6.59. The summed E-state index contributed by atoms with van der Waals surface area (Å²) in [6.45, 7) is 2.01. The highest BCUT2D eigenvalue weighted by Gasteiger charge is 2.34.